The molecule has 0 unspecified atom stereocenters. The summed E-state index contributed by atoms with van der Waals surface area (Å²) < 4.78 is 1.71. The average molecular weight is 365 g/mol. The maximum Gasteiger partial charge on any atom is 0.212 e. The van der Waals surface area contributed by atoms with E-state index in [-0.39, 0.29) is 0 Å². The van der Waals surface area contributed by atoms with Crippen LogP contribution in [-0.4, -0.2) is 36.5 Å². The number of thioether (sulfide) groups is 1. The Bertz CT molecular complexity index is 929. The molecule has 1 aliphatic rings. The van der Waals surface area contributed by atoms with Crippen molar-refractivity contribution in [3.05, 3.63) is 45.6 Å². The number of aromatic amines is 1. The highest BCUT2D eigenvalue weighted by atomic mass is 35.5. The first-order valence-corrected chi connectivity index (χ1v) is 8.50. The van der Waals surface area contributed by atoms with Gasteiger partial charge in [-0.25, -0.2) is 0 Å². The minimum Gasteiger partial charge on any atom is -0.282 e. The van der Waals surface area contributed by atoms with Crippen LogP contribution in [0, 0.1) is 6.92 Å². The van der Waals surface area contributed by atoms with Crippen molar-refractivity contribution in [2.75, 3.05) is 5.75 Å². The molecule has 0 radical (unpaired) electrons. The number of aryl methyl sites for hydroxylation is 1. The molecule has 1 aliphatic heterocycles. The first-order chi connectivity index (χ1) is 11.1. The van der Waals surface area contributed by atoms with E-state index in [1.165, 1.54) is 0 Å². The second kappa shape index (κ2) is 5.67. The van der Waals surface area contributed by atoms with E-state index in [0.717, 1.165) is 22.1 Å². The number of fused-ring (bicyclic) bond motifs is 1. The Morgan fingerprint density at radius 2 is 2.04 bits per heavy atom. The zero-order valence-electron chi connectivity index (χ0n) is 11.9. The summed E-state index contributed by atoms with van der Waals surface area (Å²) in [6, 6.07) is 7.40. The molecule has 0 fully saturated rings. The van der Waals surface area contributed by atoms with Crippen molar-refractivity contribution < 1.29 is 0 Å². The third-order valence-corrected chi connectivity index (χ3v) is 5.03. The Kier molecular flexibility index (Phi) is 3.63. The lowest BCUT2D eigenvalue weighted by Gasteiger charge is -2.13. The van der Waals surface area contributed by atoms with E-state index >= 15 is 0 Å². The number of nitrogens with zero attached hydrogens (tertiary/aromatic N) is 5. The highest BCUT2D eigenvalue weighted by Crippen LogP contribution is 2.29. The highest BCUT2D eigenvalue weighted by Gasteiger charge is 2.22. The molecule has 1 aromatic carbocycles. The van der Waals surface area contributed by atoms with Gasteiger partial charge in [0, 0.05) is 17.0 Å². The molecule has 0 atom stereocenters. The fourth-order valence-corrected chi connectivity index (χ4v) is 3.37. The summed E-state index contributed by atoms with van der Waals surface area (Å²) in [6.45, 7) is 1.93. The fourth-order valence-electron chi connectivity index (χ4n) is 2.24. The van der Waals surface area contributed by atoms with E-state index < -0.39 is 0 Å². The smallest absolute Gasteiger partial charge is 0.212 e. The van der Waals surface area contributed by atoms with Crippen molar-refractivity contribution in [2.24, 2.45) is 5.10 Å². The summed E-state index contributed by atoms with van der Waals surface area (Å²) in [5, 5.41) is 21.9. The zero-order valence-corrected chi connectivity index (χ0v) is 14.2. The minimum absolute atomic E-state index is 0.509. The molecule has 3 aromatic rings. The average Bonchev–Trinajstić information content (AvgIpc) is 3.15. The van der Waals surface area contributed by atoms with Gasteiger partial charge in [-0.2, -0.15) is 14.9 Å². The molecule has 0 spiro atoms. The van der Waals surface area contributed by atoms with Gasteiger partial charge in [0.2, 0.25) is 11.0 Å². The number of H-pyrrole nitrogens is 1. The van der Waals surface area contributed by atoms with Gasteiger partial charge in [0.1, 0.15) is 5.69 Å². The predicted molar refractivity (Wildman–Crippen MR) is 91.5 cm³/mol. The summed E-state index contributed by atoms with van der Waals surface area (Å²) in [4.78, 5) is 0. The van der Waals surface area contributed by atoms with Crippen molar-refractivity contribution in [2.45, 2.75) is 12.1 Å². The van der Waals surface area contributed by atoms with Crippen LogP contribution in [-0.2, 0) is 0 Å². The SMILES string of the molecule is Cc1cc(-c2nnc3n2N=C(c2ccc(Cl)c(Cl)c2)CS3)n[nH]1. The van der Waals surface area contributed by atoms with Crippen molar-refractivity contribution in [1.29, 1.82) is 0 Å². The number of halogens is 2. The molecule has 3 heterocycles. The lowest BCUT2D eigenvalue weighted by molar-refractivity contribution is 0.760. The second-order valence-electron chi connectivity index (χ2n) is 5.02. The Labute approximate surface area is 145 Å². The quantitative estimate of drug-likeness (QED) is 0.753. The third kappa shape index (κ3) is 2.65. The molecule has 0 aliphatic carbocycles. The van der Waals surface area contributed by atoms with Crippen LogP contribution in [0.15, 0.2) is 34.5 Å². The molecule has 0 bridgehead atoms. The topological polar surface area (TPSA) is 71.8 Å². The van der Waals surface area contributed by atoms with Gasteiger partial charge >= 0.3 is 0 Å². The standard InChI is InChI=1S/C14H10Cl2N6S/c1-7-4-11(18-17-7)13-19-20-14-22(13)21-12(6-23-14)8-2-3-9(15)10(16)5-8/h2-5H,6H2,1H3,(H,17,18). The lowest BCUT2D eigenvalue weighted by atomic mass is 10.1. The van der Waals surface area contributed by atoms with E-state index in [4.69, 9.17) is 23.2 Å². The van der Waals surface area contributed by atoms with E-state index in [0.29, 0.717) is 27.3 Å². The van der Waals surface area contributed by atoms with Gasteiger partial charge < -0.3 is 0 Å². The highest BCUT2D eigenvalue weighted by molar-refractivity contribution is 7.99. The molecule has 1 N–H and O–H groups in total. The first-order valence-electron chi connectivity index (χ1n) is 6.75. The van der Waals surface area contributed by atoms with Gasteiger partial charge in [-0.15, -0.1) is 10.2 Å². The largest absolute Gasteiger partial charge is 0.282 e. The van der Waals surface area contributed by atoms with Gasteiger partial charge in [-0.05, 0) is 25.1 Å². The number of nitrogens with one attached hydrogen (secondary N) is 1. The van der Waals surface area contributed by atoms with Gasteiger partial charge in [-0.1, -0.05) is 41.0 Å². The molecule has 2 aromatic heterocycles. The monoisotopic (exact) mass is 364 g/mol. The fraction of sp³-hybridized carbons (Fsp3) is 0.143. The van der Waals surface area contributed by atoms with Gasteiger partial charge in [0.05, 0.1) is 15.8 Å². The third-order valence-electron chi connectivity index (χ3n) is 3.36. The summed E-state index contributed by atoms with van der Waals surface area (Å²) in [5.74, 6) is 1.30. The lowest BCUT2D eigenvalue weighted by Crippen LogP contribution is -2.13. The number of aromatic nitrogens is 5. The minimum atomic E-state index is 0.509. The van der Waals surface area contributed by atoms with Crippen molar-refractivity contribution in [1.82, 2.24) is 25.1 Å². The molecule has 6 nitrogen and oxygen atoms in total. The number of hydrogen-bond donors (Lipinski definition) is 1. The van der Waals surface area contributed by atoms with Crippen LogP contribution in [0.5, 0.6) is 0 Å². The van der Waals surface area contributed by atoms with E-state index in [1.54, 1.807) is 22.5 Å². The van der Waals surface area contributed by atoms with E-state index in [2.05, 4.69) is 25.5 Å². The first kappa shape index (κ1) is 14.7. The van der Waals surface area contributed by atoms with Gasteiger partial charge in [-0.3, -0.25) is 5.10 Å². The second-order valence-corrected chi connectivity index (χ2v) is 6.78. The van der Waals surface area contributed by atoms with Crippen molar-refractivity contribution in [3.63, 3.8) is 0 Å². The zero-order chi connectivity index (χ0) is 16.0. The molecule has 9 heteroatoms. The predicted octanol–water partition coefficient (Wildman–Crippen LogP) is 3.64. The molecule has 0 amide bonds. The van der Waals surface area contributed by atoms with Gasteiger partial charge in [0.25, 0.3) is 0 Å². The Morgan fingerprint density at radius 1 is 1.17 bits per heavy atom. The van der Waals surface area contributed by atoms with Gasteiger partial charge in [0.15, 0.2) is 0 Å². The Hall–Kier alpha value is -1.83. The molecule has 116 valence electrons. The van der Waals surface area contributed by atoms with Crippen LogP contribution >= 0.6 is 35.0 Å². The van der Waals surface area contributed by atoms with Crippen LogP contribution in [0.25, 0.3) is 11.5 Å². The van der Waals surface area contributed by atoms with E-state index in [1.807, 2.05) is 25.1 Å². The van der Waals surface area contributed by atoms with Crippen LogP contribution < -0.4 is 0 Å². The van der Waals surface area contributed by atoms with E-state index in [9.17, 15) is 0 Å². The number of benzene rings is 1. The molecule has 4 rings (SSSR count). The Balaban J connectivity index is 1.79. The molecule has 0 saturated carbocycles. The maximum atomic E-state index is 6.10. The van der Waals surface area contributed by atoms with Crippen LogP contribution in [0.4, 0.5) is 0 Å². The van der Waals surface area contributed by atoms with Crippen LogP contribution in [0.2, 0.25) is 10.0 Å². The molecule has 23 heavy (non-hydrogen) atoms. The molecular formula is C14H10Cl2N6S. The maximum absolute atomic E-state index is 6.10. The van der Waals surface area contributed by atoms with Crippen molar-refractivity contribution >= 4 is 40.7 Å². The summed E-state index contributed by atoms with van der Waals surface area (Å²) >= 11 is 13.6. The van der Waals surface area contributed by atoms with Crippen molar-refractivity contribution in [3.8, 4) is 11.5 Å². The molecular weight excluding hydrogens is 355 g/mol. The van der Waals surface area contributed by atoms with Crippen LogP contribution in [0.3, 0.4) is 0 Å². The van der Waals surface area contributed by atoms with Crippen LogP contribution in [0.1, 0.15) is 11.3 Å². The molecule has 0 saturated heterocycles. The normalized spacial score (nSPS) is 13.8. The summed E-state index contributed by atoms with van der Waals surface area (Å²) in [7, 11) is 0. The Morgan fingerprint density at radius 3 is 2.78 bits per heavy atom. The number of hydrogen-bond acceptors (Lipinski definition) is 5. The number of rotatable bonds is 2. The summed E-state index contributed by atoms with van der Waals surface area (Å²) in [5.41, 5.74) is 3.47. The summed E-state index contributed by atoms with van der Waals surface area (Å²) in [6.07, 6.45) is 0.